The normalized spacial score (nSPS) is 18.4. The van der Waals surface area contributed by atoms with Gasteiger partial charge in [-0.05, 0) is 57.0 Å². The highest BCUT2D eigenvalue weighted by Crippen LogP contribution is 2.19. The molecule has 1 aliphatic heterocycles. The van der Waals surface area contributed by atoms with E-state index in [-0.39, 0.29) is 6.61 Å². The molecule has 156 valence electrons. The van der Waals surface area contributed by atoms with Crippen LogP contribution in [-0.2, 0) is 13.1 Å². The third kappa shape index (κ3) is 6.73. The van der Waals surface area contributed by atoms with Gasteiger partial charge < -0.3 is 14.6 Å². The fourth-order valence-electron chi connectivity index (χ4n) is 3.68. The molecule has 29 heavy (non-hydrogen) atoms. The van der Waals surface area contributed by atoms with Crippen LogP contribution in [0.25, 0.3) is 0 Å². The van der Waals surface area contributed by atoms with Gasteiger partial charge in [0.05, 0.1) is 6.54 Å². The molecule has 0 saturated carbocycles. The Bertz CT molecular complexity index is 839. The molecule has 0 amide bonds. The summed E-state index contributed by atoms with van der Waals surface area (Å²) >= 11 is 0. The predicted molar refractivity (Wildman–Crippen MR) is 114 cm³/mol. The van der Waals surface area contributed by atoms with Gasteiger partial charge in [0, 0.05) is 44.4 Å². The average Bonchev–Trinajstić information content (AvgIpc) is 3.08. The van der Waals surface area contributed by atoms with Gasteiger partial charge in [0.25, 0.3) is 0 Å². The van der Waals surface area contributed by atoms with Crippen LogP contribution in [0.2, 0.25) is 0 Å². The van der Waals surface area contributed by atoms with Crippen molar-refractivity contribution in [2.45, 2.75) is 51.9 Å². The maximum Gasteiger partial charge on any atom is 0.120 e. The summed E-state index contributed by atoms with van der Waals surface area (Å²) in [5.41, 5.74) is 1.18. The monoisotopic (exact) mass is 396 g/mol. The molecular formula is C24H32N2O3. The smallest absolute Gasteiger partial charge is 0.120 e. The summed E-state index contributed by atoms with van der Waals surface area (Å²) in [6, 6.07) is 12.6. The van der Waals surface area contributed by atoms with Crippen LogP contribution in [0.1, 0.15) is 42.9 Å². The third-order valence-electron chi connectivity index (χ3n) is 5.18. The quantitative estimate of drug-likeness (QED) is 0.736. The summed E-state index contributed by atoms with van der Waals surface area (Å²) in [5, 5.41) is 19.2. The summed E-state index contributed by atoms with van der Waals surface area (Å²) in [6.45, 7) is 10.1. The van der Waals surface area contributed by atoms with Gasteiger partial charge in [0.2, 0.25) is 0 Å². The summed E-state index contributed by atoms with van der Waals surface area (Å²) in [7, 11) is 0. The van der Waals surface area contributed by atoms with Gasteiger partial charge >= 0.3 is 0 Å². The van der Waals surface area contributed by atoms with Crippen molar-refractivity contribution in [1.82, 2.24) is 9.80 Å². The summed E-state index contributed by atoms with van der Waals surface area (Å²) in [4.78, 5) is 4.86. The van der Waals surface area contributed by atoms with E-state index in [2.05, 4.69) is 33.8 Å². The van der Waals surface area contributed by atoms with Crippen molar-refractivity contribution in [3.05, 3.63) is 59.0 Å². The van der Waals surface area contributed by atoms with Gasteiger partial charge in [0.15, 0.2) is 0 Å². The van der Waals surface area contributed by atoms with E-state index >= 15 is 0 Å². The number of aryl methyl sites for hydroxylation is 1. The first kappa shape index (κ1) is 21.6. The Morgan fingerprint density at radius 1 is 1.10 bits per heavy atom. The van der Waals surface area contributed by atoms with E-state index in [0.29, 0.717) is 6.04 Å². The van der Waals surface area contributed by atoms with Crippen LogP contribution in [0.3, 0.4) is 0 Å². The minimum atomic E-state index is -0.978. The van der Waals surface area contributed by atoms with Crippen LogP contribution >= 0.6 is 0 Å². The summed E-state index contributed by atoms with van der Waals surface area (Å²) in [6.07, 6.45) is 0.766. The van der Waals surface area contributed by atoms with Crippen LogP contribution in [-0.4, -0.2) is 57.9 Å². The van der Waals surface area contributed by atoms with Crippen molar-refractivity contribution in [1.29, 1.82) is 0 Å². The summed E-state index contributed by atoms with van der Waals surface area (Å²) < 4.78 is 5.74. The first-order valence-corrected chi connectivity index (χ1v) is 10.3. The fraction of sp³-hybridized carbons (Fsp3) is 0.500. The lowest BCUT2D eigenvalue weighted by Crippen LogP contribution is -2.52. The predicted octanol–water partition coefficient (Wildman–Crippen LogP) is 2.78. The van der Waals surface area contributed by atoms with Crippen molar-refractivity contribution in [2.75, 3.05) is 26.2 Å². The van der Waals surface area contributed by atoms with Crippen LogP contribution in [0.15, 0.2) is 40.8 Å². The van der Waals surface area contributed by atoms with Gasteiger partial charge in [-0.3, -0.25) is 9.80 Å². The fourth-order valence-corrected chi connectivity index (χ4v) is 3.68. The van der Waals surface area contributed by atoms with Gasteiger partial charge in [-0.1, -0.05) is 24.0 Å². The van der Waals surface area contributed by atoms with Crippen molar-refractivity contribution in [3.8, 4) is 11.8 Å². The SMILES string of the molecule is Cc1ccc(CN2CCN(Cc3ccc(C#CC(C)(C)O)cc3)C[C@@H]2CCO)o1. The van der Waals surface area contributed by atoms with Crippen LogP contribution in [0, 0.1) is 18.8 Å². The number of rotatable bonds is 6. The Kier molecular flexibility index (Phi) is 7.15. The van der Waals surface area contributed by atoms with E-state index in [1.807, 2.05) is 31.2 Å². The Hall–Kier alpha value is -2.10. The second kappa shape index (κ2) is 9.60. The van der Waals surface area contributed by atoms with Crippen molar-refractivity contribution >= 4 is 0 Å². The molecular weight excluding hydrogens is 364 g/mol. The molecule has 0 radical (unpaired) electrons. The van der Waals surface area contributed by atoms with E-state index in [1.54, 1.807) is 13.8 Å². The van der Waals surface area contributed by atoms with Crippen molar-refractivity contribution in [3.63, 3.8) is 0 Å². The highest BCUT2D eigenvalue weighted by molar-refractivity contribution is 5.37. The maximum atomic E-state index is 9.73. The lowest BCUT2D eigenvalue weighted by molar-refractivity contribution is 0.0454. The van der Waals surface area contributed by atoms with Gasteiger partial charge in [-0.25, -0.2) is 0 Å². The molecule has 1 fully saturated rings. The lowest BCUT2D eigenvalue weighted by atomic mass is 10.1. The number of nitrogens with zero attached hydrogens (tertiary/aromatic N) is 2. The Morgan fingerprint density at radius 3 is 2.48 bits per heavy atom. The lowest BCUT2D eigenvalue weighted by Gasteiger charge is -2.41. The van der Waals surface area contributed by atoms with Crippen LogP contribution in [0.5, 0.6) is 0 Å². The Morgan fingerprint density at radius 2 is 1.86 bits per heavy atom. The van der Waals surface area contributed by atoms with Gasteiger partial charge in [0.1, 0.15) is 17.1 Å². The zero-order valence-corrected chi connectivity index (χ0v) is 17.7. The molecule has 3 rings (SSSR count). The van der Waals surface area contributed by atoms with Crippen LogP contribution < -0.4 is 0 Å². The number of aliphatic hydroxyl groups excluding tert-OH is 1. The zero-order valence-electron chi connectivity index (χ0n) is 17.7. The van der Waals surface area contributed by atoms with E-state index in [9.17, 15) is 10.2 Å². The molecule has 0 spiro atoms. The molecule has 2 heterocycles. The molecule has 2 N–H and O–H groups in total. The van der Waals surface area contributed by atoms with E-state index < -0.39 is 5.60 Å². The largest absolute Gasteiger partial charge is 0.465 e. The number of furan rings is 1. The number of hydrogen-bond donors (Lipinski definition) is 2. The van der Waals surface area contributed by atoms with E-state index in [1.165, 1.54) is 5.56 Å². The highest BCUT2D eigenvalue weighted by Gasteiger charge is 2.27. The second-order valence-electron chi connectivity index (χ2n) is 8.39. The van der Waals surface area contributed by atoms with Gasteiger partial charge in [-0.15, -0.1) is 0 Å². The first-order valence-electron chi connectivity index (χ1n) is 10.3. The van der Waals surface area contributed by atoms with Crippen LogP contribution in [0.4, 0.5) is 0 Å². The number of piperazine rings is 1. The minimum absolute atomic E-state index is 0.195. The summed E-state index contributed by atoms with van der Waals surface area (Å²) in [5.74, 6) is 7.78. The molecule has 0 aliphatic carbocycles. The minimum Gasteiger partial charge on any atom is -0.465 e. The molecule has 1 atom stereocenters. The Labute approximate surface area is 173 Å². The number of benzene rings is 1. The van der Waals surface area contributed by atoms with E-state index in [0.717, 1.165) is 56.2 Å². The average molecular weight is 397 g/mol. The standard InChI is InChI=1S/C24H32N2O3/c1-19-4-9-23(29-19)18-26-14-13-25(17-22(26)11-15-27)16-21-7-5-20(6-8-21)10-12-24(2,3)28/h4-9,22,27-28H,11,13-18H2,1-3H3/t22-/m0/s1. The first-order chi connectivity index (χ1) is 13.8. The van der Waals surface area contributed by atoms with Crippen molar-refractivity contribution in [2.24, 2.45) is 0 Å². The maximum absolute atomic E-state index is 9.73. The molecule has 2 aromatic rings. The molecule has 5 nitrogen and oxygen atoms in total. The molecule has 0 bridgehead atoms. The van der Waals surface area contributed by atoms with Gasteiger partial charge in [-0.2, -0.15) is 0 Å². The zero-order chi connectivity index (χ0) is 20.9. The molecule has 5 heteroatoms. The third-order valence-corrected chi connectivity index (χ3v) is 5.18. The second-order valence-corrected chi connectivity index (χ2v) is 8.39. The molecule has 0 unspecified atom stereocenters. The molecule has 1 aromatic heterocycles. The number of hydrogen-bond acceptors (Lipinski definition) is 5. The highest BCUT2D eigenvalue weighted by atomic mass is 16.3. The van der Waals surface area contributed by atoms with E-state index in [4.69, 9.17) is 4.42 Å². The molecule has 1 aromatic carbocycles. The van der Waals surface area contributed by atoms with Crippen molar-refractivity contribution < 1.29 is 14.6 Å². The molecule has 1 saturated heterocycles. The topological polar surface area (TPSA) is 60.1 Å². The molecule has 1 aliphatic rings. The number of aliphatic hydroxyl groups is 2. The Balaban J connectivity index is 1.58.